The van der Waals surface area contributed by atoms with E-state index in [4.69, 9.17) is 0 Å². The van der Waals surface area contributed by atoms with Gasteiger partial charge in [0.15, 0.2) is 0 Å². The van der Waals surface area contributed by atoms with Gasteiger partial charge in [0.1, 0.15) is 0 Å². The Balaban J connectivity index is 1.28. The van der Waals surface area contributed by atoms with Crippen molar-refractivity contribution in [2.24, 2.45) is 5.92 Å². The first-order valence-electron chi connectivity index (χ1n) is 11.0. The Morgan fingerprint density at radius 2 is 1.86 bits per heavy atom. The van der Waals surface area contributed by atoms with Crippen LogP contribution in [-0.4, -0.2) is 65.3 Å². The monoisotopic (exact) mass is 381 g/mol. The molecule has 3 heterocycles. The van der Waals surface area contributed by atoms with E-state index < -0.39 is 0 Å². The van der Waals surface area contributed by atoms with Gasteiger partial charge >= 0.3 is 0 Å². The van der Waals surface area contributed by atoms with Crippen molar-refractivity contribution in [3.63, 3.8) is 0 Å². The normalized spacial score (nSPS) is 22.1. The van der Waals surface area contributed by atoms with Crippen molar-refractivity contribution in [2.45, 2.75) is 45.7 Å². The lowest BCUT2D eigenvalue weighted by Crippen LogP contribution is -2.55. The van der Waals surface area contributed by atoms with Crippen molar-refractivity contribution >= 4 is 5.69 Å². The van der Waals surface area contributed by atoms with Crippen LogP contribution in [0.1, 0.15) is 38.1 Å². The Bertz CT molecular complexity index is 718. The molecule has 0 bridgehead atoms. The van der Waals surface area contributed by atoms with Gasteiger partial charge in [0.2, 0.25) is 0 Å². The van der Waals surface area contributed by atoms with Gasteiger partial charge in [-0.15, -0.1) is 0 Å². The molecular weight excluding hydrogens is 346 g/mol. The fourth-order valence-electron chi connectivity index (χ4n) is 4.71. The number of nitrogens with one attached hydrogen (secondary N) is 1. The Kier molecular flexibility index (Phi) is 6.33. The van der Waals surface area contributed by atoms with Crippen molar-refractivity contribution in [1.82, 2.24) is 20.0 Å². The molecule has 2 aliphatic rings. The minimum absolute atomic E-state index is 0.657. The zero-order valence-corrected chi connectivity index (χ0v) is 17.5. The zero-order chi connectivity index (χ0) is 19.3. The lowest BCUT2D eigenvalue weighted by molar-refractivity contribution is 0.0881. The highest BCUT2D eigenvalue weighted by Gasteiger charge is 2.28. The SMILES string of the molecule is CC(C)Cc1cc(CN2CCC[C@H](N3CCN(c4ccccc4)CC3)C2)[nH]n1. The molecule has 0 radical (unpaired) electrons. The highest BCUT2D eigenvalue weighted by atomic mass is 15.3. The quantitative estimate of drug-likeness (QED) is 0.832. The van der Waals surface area contributed by atoms with E-state index in [0.717, 1.165) is 26.1 Å². The second kappa shape index (κ2) is 9.10. The Morgan fingerprint density at radius 3 is 2.61 bits per heavy atom. The number of hydrogen-bond acceptors (Lipinski definition) is 4. The highest BCUT2D eigenvalue weighted by Crippen LogP contribution is 2.22. The molecule has 2 aromatic rings. The van der Waals surface area contributed by atoms with Gasteiger partial charge < -0.3 is 4.90 Å². The molecule has 152 valence electrons. The third-order valence-electron chi connectivity index (χ3n) is 6.13. The number of benzene rings is 1. The minimum atomic E-state index is 0.657. The lowest BCUT2D eigenvalue weighted by atomic mass is 10.0. The van der Waals surface area contributed by atoms with E-state index in [9.17, 15) is 0 Å². The maximum Gasteiger partial charge on any atom is 0.0628 e. The fourth-order valence-corrected chi connectivity index (χ4v) is 4.71. The van der Waals surface area contributed by atoms with E-state index in [1.165, 1.54) is 56.1 Å². The number of piperazine rings is 1. The van der Waals surface area contributed by atoms with Gasteiger partial charge in [-0.3, -0.25) is 14.9 Å². The number of H-pyrrole nitrogens is 1. The van der Waals surface area contributed by atoms with Crippen molar-refractivity contribution in [3.05, 3.63) is 47.8 Å². The summed E-state index contributed by atoms with van der Waals surface area (Å²) < 4.78 is 0. The predicted octanol–water partition coefficient (Wildman–Crippen LogP) is 3.39. The maximum absolute atomic E-state index is 4.50. The van der Waals surface area contributed by atoms with Crippen LogP contribution < -0.4 is 4.90 Å². The van der Waals surface area contributed by atoms with Crippen LogP contribution >= 0.6 is 0 Å². The molecule has 1 aromatic heterocycles. The smallest absolute Gasteiger partial charge is 0.0628 e. The summed E-state index contributed by atoms with van der Waals surface area (Å²) in [5, 5.41) is 7.77. The molecule has 2 aliphatic heterocycles. The molecule has 28 heavy (non-hydrogen) atoms. The molecule has 0 amide bonds. The van der Waals surface area contributed by atoms with E-state index in [0.29, 0.717) is 12.0 Å². The molecule has 5 nitrogen and oxygen atoms in total. The van der Waals surface area contributed by atoms with Crippen LogP contribution in [0.15, 0.2) is 36.4 Å². The fraction of sp³-hybridized carbons (Fsp3) is 0.609. The number of hydrogen-bond donors (Lipinski definition) is 1. The van der Waals surface area contributed by atoms with Crippen molar-refractivity contribution in [3.8, 4) is 0 Å². The summed E-state index contributed by atoms with van der Waals surface area (Å²) in [6.45, 7) is 12.5. The van der Waals surface area contributed by atoms with Crippen LogP contribution in [-0.2, 0) is 13.0 Å². The summed E-state index contributed by atoms with van der Waals surface area (Å²) in [7, 11) is 0. The van der Waals surface area contributed by atoms with Crippen molar-refractivity contribution in [1.29, 1.82) is 0 Å². The standard InChI is InChI=1S/C23H35N5/c1-19(2)15-20-16-21(25-24-20)17-26-10-6-9-23(18-26)28-13-11-27(12-14-28)22-7-4-3-5-8-22/h3-5,7-8,16,19,23H,6,9-15,17-18H2,1-2H3,(H,24,25)/t23-/m0/s1. The number of nitrogens with zero attached hydrogens (tertiary/aromatic N) is 4. The summed E-state index contributed by atoms with van der Waals surface area (Å²) >= 11 is 0. The van der Waals surface area contributed by atoms with Crippen LogP contribution in [0.2, 0.25) is 0 Å². The van der Waals surface area contributed by atoms with Crippen molar-refractivity contribution < 1.29 is 0 Å². The molecule has 5 heteroatoms. The molecule has 1 aromatic carbocycles. The number of aromatic nitrogens is 2. The Morgan fingerprint density at radius 1 is 1.07 bits per heavy atom. The summed E-state index contributed by atoms with van der Waals surface area (Å²) in [4.78, 5) is 7.87. The molecule has 4 rings (SSSR count). The third kappa shape index (κ3) is 4.95. The molecule has 1 atom stereocenters. The number of likely N-dealkylation sites (tertiary alicyclic amines) is 1. The van der Waals surface area contributed by atoms with E-state index in [1.54, 1.807) is 0 Å². The summed E-state index contributed by atoms with van der Waals surface area (Å²) in [6.07, 6.45) is 3.70. The topological polar surface area (TPSA) is 38.4 Å². The second-order valence-corrected chi connectivity index (χ2v) is 8.87. The van der Waals surface area contributed by atoms with Gasteiger partial charge in [0.25, 0.3) is 0 Å². The molecule has 0 spiro atoms. The van der Waals surface area contributed by atoms with E-state index >= 15 is 0 Å². The van der Waals surface area contributed by atoms with Crippen LogP contribution in [0.5, 0.6) is 0 Å². The summed E-state index contributed by atoms with van der Waals surface area (Å²) in [5.41, 5.74) is 3.84. The van der Waals surface area contributed by atoms with Gasteiger partial charge in [-0.05, 0) is 49.9 Å². The van der Waals surface area contributed by atoms with Gasteiger partial charge in [0.05, 0.1) is 5.69 Å². The predicted molar refractivity (Wildman–Crippen MR) is 116 cm³/mol. The molecule has 2 fully saturated rings. The van der Waals surface area contributed by atoms with Crippen LogP contribution in [0, 0.1) is 5.92 Å². The molecular formula is C23H35N5. The van der Waals surface area contributed by atoms with Gasteiger partial charge in [-0.25, -0.2) is 0 Å². The van der Waals surface area contributed by atoms with Crippen molar-refractivity contribution in [2.75, 3.05) is 44.2 Å². The van der Waals surface area contributed by atoms with Gasteiger partial charge in [-0.1, -0.05) is 32.0 Å². The first kappa shape index (κ1) is 19.5. The van der Waals surface area contributed by atoms with Gasteiger partial charge in [0, 0.05) is 56.7 Å². The van der Waals surface area contributed by atoms with Crippen LogP contribution in [0.4, 0.5) is 5.69 Å². The van der Waals surface area contributed by atoms with Gasteiger partial charge in [-0.2, -0.15) is 5.10 Å². The molecule has 1 N–H and O–H groups in total. The number of piperidine rings is 1. The molecule has 2 saturated heterocycles. The number of aromatic amines is 1. The average Bonchev–Trinajstić information content (AvgIpc) is 3.15. The third-order valence-corrected chi connectivity index (χ3v) is 6.13. The first-order valence-corrected chi connectivity index (χ1v) is 11.0. The number of rotatable bonds is 6. The Hall–Kier alpha value is -1.85. The van der Waals surface area contributed by atoms with Crippen LogP contribution in [0.25, 0.3) is 0 Å². The summed E-state index contributed by atoms with van der Waals surface area (Å²) in [6, 6.07) is 13.8. The largest absolute Gasteiger partial charge is 0.369 e. The lowest BCUT2D eigenvalue weighted by Gasteiger charge is -2.44. The minimum Gasteiger partial charge on any atom is -0.369 e. The molecule has 0 aliphatic carbocycles. The molecule has 0 unspecified atom stereocenters. The summed E-state index contributed by atoms with van der Waals surface area (Å²) in [5.74, 6) is 0.657. The first-order chi connectivity index (χ1) is 13.7. The number of para-hydroxylation sites is 1. The Labute approximate surface area is 169 Å². The average molecular weight is 382 g/mol. The van der Waals surface area contributed by atoms with Crippen LogP contribution in [0.3, 0.4) is 0 Å². The van der Waals surface area contributed by atoms with E-state index in [-0.39, 0.29) is 0 Å². The molecule has 0 saturated carbocycles. The second-order valence-electron chi connectivity index (χ2n) is 8.87. The number of anilines is 1. The zero-order valence-electron chi connectivity index (χ0n) is 17.5. The highest BCUT2D eigenvalue weighted by molar-refractivity contribution is 5.46. The van der Waals surface area contributed by atoms with E-state index in [2.05, 4.69) is 75.1 Å². The van der Waals surface area contributed by atoms with E-state index in [1.807, 2.05) is 0 Å². The maximum atomic E-state index is 4.50.